The summed E-state index contributed by atoms with van der Waals surface area (Å²) in [5, 5.41) is 6.58. The van der Waals surface area contributed by atoms with Gasteiger partial charge in [-0.2, -0.15) is 0 Å². The summed E-state index contributed by atoms with van der Waals surface area (Å²) in [6.45, 7) is 4.29. The van der Waals surface area contributed by atoms with Crippen molar-refractivity contribution < 1.29 is 4.79 Å². The Balaban J connectivity index is 1.66. The smallest absolute Gasteiger partial charge is 0.221 e. The second-order valence-electron chi connectivity index (χ2n) is 6.10. The molecule has 2 rings (SSSR count). The summed E-state index contributed by atoms with van der Waals surface area (Å²) in [5.41, 5.74) is 0. The summed E-state index contributed by atoms with van der Waals surface area (Å²) in [6, 6.07) is 0.413. The molecule has 0 aromatic carbocycles. The Labute approximate surface area is 111 Å². The van der Waals surface area contributed by atoms with Crippen LogP contribution in [-0.4, -0.2) is 25.0 Å². The Bertz CT molecular complexity index is 259. The zero-order valence-corrected chi connectivity index (χ0v) is 11.7. The molecule has 3 nitrogen and oxygen atoms in total. The lowest BCUT2D eigenvalue weighted by molar-refractivity contribution is -0.121. The van der Waals surface area contributed by atoms with Crippen LogP contribution in [0, 0.1) is 11.8 Å². The van der Waals surface area contributed by atoms with Crippen LogP contribution >= 0.6 is 0 Å². The monoisotopic (exact) mass is 252 g/mol. The lowest BCUT2D eigenvalue weighted by atomic mass is 9.81. The largest absolute Gasteiger partial charge is 0.356 e. The molecule has 2 N–H and O–H groups in total. The minimum Gasteiger partial charge on any atom is -0.356 e. The Morgan fingerprint density at radius 2 is 1.89 bits per heavy atom. The van der Waals surface area contributed by atoms with Crippen LogP contribution in [0.1, 0.15) is 58.3 Å². The standard InChI is InChI=1S/C15H28N2O/c1-2-12-5-7-13(8-6-12)11-17-14-4-3-9-16-15(18)10-14/h12-14,17H,2-11H2,1H3,(H,16,18). The summed E-state index contributed by atoms with van der Waals surface area (Å²) in [6.07, 6.45) is 9.86. The van der Waals surface area contributed by atoms with E-state index in [2.05, 4.69) is 17.6 Å². The predicted molar refractivity (Wildman–Crippen MR) is 74.4 cm³/mol. The highest BCUT2D eigenvalue weighted by Gasteiger charge is 2.22. The number of hydrogen-bond donors (Lipinski definition) is 2. The Morgan fingerprint density at radius 1 is 1.17 bits per heavy atom. The first-order valence-electron chi connectivity index (χ1n) is 7.78. The summed E-state index contributed by atoms with van der Waals surface area (Å²) >= 11 is 0. The van der Waals surface area contributed by atoms with Crippen LogP contribution in [0.4, 0.5) is 0 Å². The van der Waals surface area contributed by atoms with E-state index in [1.54, 1.807) is 0 Å². The van der Waals surface area contributed by atoms with Crippen molar-refractivity contribution >= 4 is 5.91 Å². The molecule has 1 atom stereocenters. The van der Waals surface area contributed by atoms with E-state index < -0.39 is 0 Å². The van der Waals surface area contributed by atoms with Gasteiger partial charge >= 0.3 is 0 Å². The second-order valence-corrected chi connectivity index (χ2v) is 6.10. The molecule has 1 saturated heterocycles. The van der Waals surface area contributed by atoms with Crippen molar-refractivity contribution in [2.24, 2.45) is 11.8 Å². The molecule has 1 unspecified atom stereocenters. The molecule has 1 amide bonds. The van der Waals surface area contributed by atoms with Crippen LogP contribution in [-0.2, 0) is 4.79 Å². The minimum absolute atomic E-state index is 0.222. The van der Waals surface area contributed by atoms with Crippen LogP contribution < -0.4 is 10.6 Å². The van der Waals surface area contributed by atoms with Crippen LogP contribution in [0.3, 0.4) is 0 Å². The molecule has 3 heteroatoms. The molecule has 0 radical (unpaired) electrons. The van der Waals surface area contributed by atoms with Gasteiger partial charge in [0.2, 0.25) is 5.91 Å². The van der Waals surface area contributed by atoms with Gasteiger partial charge in [0.25, 0.3) is 0 Å². The third-order valence-corrected chi connectivity index (χ3v) is 4.72. The fraction of sp³-hybridized carbons (Fsp3) is 0.933. The highest BCUT2D eigenvalue weighted by molar-refractivity contribution is 5.76. The highest BCUT2D eigenvalue weighted by Crippen LogP contribution is 2.30. The van der Waals surface area contributed by atoms with Crippen LogP contribution in [0.15, 0.2) is 0 Å². The van der Waals surface area contributed by atoms with Gasteiger partial charge in [-0.3, -0.25) is 4.79 Å². The lowest BCUT2D eigenvalue weighted by Gasteiger charge is -2.29. The Morgan fingerprint density at radius 3 is 2.61 bits per heavy atom. The second kappa shape index (κ2) is 7.13. The maximum Gasteiger partial charge on any atom is 0.221 e. The van der Waals surface area contributed by atoms with Crippen LogP contribution in [0.25, 0.3) is 0 Å². The van der Waals surface area contributed by atoms with Gasteiger partial charge in [0.15, 0.2) is 0 Å². The van der Waals surface area contributed by atoms with Gasteiger partial charge in [0, 0.05) is 19.0 Å². The van der Waals surface area contributed by atoms with Gasteiger partial charge in [-0.25, -0.2) is 0 Å². The van der Waals surface area contributed by atoms with E-state index in [1.807, 2.05) is 0 Å². The number of rotatable bonds is 4. The third-order valence-electron chi connectivity index (χ3n) is 4.72. The van der Waals surface area contributed by atoms with Crippen molar-refractivity contribution in [2.45, 2.75) is 64.3 Å². The quantitative estimate of drug-likeness (QED) is 0.807. The average molecular weight is 252 g/mol. The topological polar surface area (TPSA) is 41.1 Å². The molecule has 2 fully saturated rings. The fourth-order valence-electron chi connectivity index (χ4n) is 3.33. The van der Waals surface area contributed by atoms with Crippen molar-refractivity contribution in [2.75, 3.05) is 13.1 Å². The summed E-state index contributed by atoms with van der Waals surface area (Å²) in [5.74, 6) is 2.05. The first-order valence-corrected chi connectivity index (χ1v) is 7.78. The Hall–Kier alpha value is -0.570. The molecule has 1 saturated carbocycles. The molecular formula is C15H28N2O. The normalized spacial score (nSPS) is 33.8. The maximum absolute atomic E-state index is 11.5. The van der Waals surface area contributed by atoms with Crippen molar-refractivity contribution in [1.82, 2.24) is 10.6 Å². The van der Waals surface area contributed by atoms with Crippen LogP contribution in [0.5, 0.6) is 0 Å². The Kier molecular flexibility index (Phi) is 5.48. The summed E-state index contributed by atoms with van der Waals surface area (Å²) < 4.78 is 0. The van der Waals surface area contributed by atoms with Gasteiger partial charge < -0.3 is 10.6 Å². The number of carbonyl (C=O) groups is 1. The van der Waals surface area contributed by atoms with E-state index in [9.17, 15) is 4.79 Å². The lowest BCUT2D eigenvalue weighted by Crippen LogP contribution is -2.36. The first-order chi connectivity index (χ1) is 8.78. The van der Waals surface area contributed by atoms with E-state index in [0.717, 1.165) is 37.8 Å². The van der Waals surface area contributed by atoms with Crippen molar-refractivity contribution in [3.63, 3.8) is 0 Å². The van der Waals surface area contributed by atoms with Crippen molar-refractivity contribution in [1.29, 1.82) is 0 Å². The van der Waals surface area contributed by atoms with E-state index in [1.165, 1.54) is 32.1 Å². The van der Waals surface area contributed by atoms with E-state index in [0.29, 0.717) is 12.5 Å². The van der Waals surface area contributed by atoms with E-state index in [-0.39, 0.29) is 5.91 Å². The molecule has 2 aliphatic rings. The summed E-state index contributed by atoms with van der Waals surface area (Å²) in [7, 11) is 0. The van der Waals surface area contributed by atoms with Gasteiger partial charge in [-0.15, -0.1) is 0 Å². The number of amides is 1. The molecule has 1 aliphatic carbocycles. The van der Waals surface area contributed by atoms with E-state index in [4.69, 9.17) is 0 Å². The van der Waals surface area contributed by atoms with Gasteiger partial charge in [0.05, 0.1) is 0 Å². The molecule has 0 bridgehead atoms. The molecule has 1 aliphatic heterocycles. The predicted octanol–water partition coefficient (Wildman–Crippen LogP) is 2.46. The number of nitrogens with one attached hydrogen (secondary N) is 2. The molecule has 0 spiro atoms. The van der Waals surface area contributed by atoms with Gasteiger partial charge in [-0.1, -0.05) is 26.2 Å². The molecular weight excluding hydrogens is 224 g/mol. The molecule has 0 aromatic rings. The fourth-order valence-corrected chi connectivity index (χ4v) is 3.33. The molecule has 18 heavy (non-hydrogen) atoms. The molecule has 0 aromatic heterocycles. The highest BCUT2D eigenvalue weighted by atomic mass is 16.1. The van der Waals surface area contributed by atoms with Gasteiger partial charge in [-0.05, 0) is 44.1 Å². The van der Waals surface area contributed by atoms with Crippen molar-refractivity contribution in [3.05, 3.63) is 0 Å². The maximum atomic E-state index is 11.5. The average Bonchev–Trinajstić information content (AvgIpc) is 2.61. The molecule has 104 valence electrons. The zero-order chi connectivity index (χ0) is 12.8. The number of carbonyl (C=O) groups excluding carboxylic acids is 1. The molecule has 1 heterocycles. The van der Waals surface area contributed by atoms with Crippen molar-refractivity contribution in [3.8, 4) is 0 Å². The first kappa shape index (κ1) is 13.9. The van der Waals surface area contributed by atoms with E-state index >= 15 is 0 Å². The SMILES string of the molecule is CCC1CCC(CNC2CCCNC(=O)C2)CC1. The third kappa shape index (κ3) is 4.27. The summed E-state index contributed by atoms with van der Waals surface area (Å²) in [4.78, 5) is 11.5. The minimum atomic E-state index is 0.222. The number of hydrogen-bond acceptors (Lipinski definition) is 2. The van der Waals surface area contributed by atoms with Gasteiger partial charge in [0.1, 0.15) is 0 Å². The van der Waals surface area contributed by atoms with Crippen LogP contribution in [0.2, 0.25) is 0 Å². The zero-order valence-electron chi connectivity index (χ0n) is 11.7.